The Bertz CT molecular complexity index is 452. The van der Waals surface area contributed by atoms with Crippen molar-refractivity contribution in [1.29, 1.82) is 0 Å². The van der Waals surface area contributed by atoms with E-state index in [0.717, 1.165) is 23.9 Å². The van der Waals surface area contributed by atoms with Crippen molar-refractivity contribution in [2.45, 2.75) is 25.4 Å². The predicted molar refractivity (Wildman–Crippen MR) is 73.6 cm³/mol. The summed E-state index contributed by atoms with van der Waals surface area (Å²) in [7, 11) is 0. The molecule has 0 radical (unpaired) electrons. The summed E-state index contributed by atoms with van der Waals surface area (Å²) in [5.41, 5.74) is 1.08. The number of carbonyl (C=O) groups is 2. The van der Waals surface area contributed by atoms with Crippen molar-refractivity contribution < 1.29 is 14.7 Å². The minimum atomic E-state index is -0.922. The minimum Gasteiger partial charge on any atom is -0.480 e. The first-order valence-electron chi connectivity index (χ1n) is 6.15. The molecule has 0 saturated carbocycles. The molecule has 2 rings (SSSR count). The lowest BCUT2D eigenvalue weighted by atomic mass is 10.2. The molecule has 6 heteroatoms. The van der Waals surface area contributed by atoms with Crippen LogP contribution in [0.3, 0.4) is 0 Å². The third-order valence-electron chi connectivity index (χ3n) is 3.05. The number of aliphatic carboxylic acids is 1. The summed E-state index contributed by atoms with van der Waals surface area (Å²) in [5.74, 6) is -0.922. The lowest BCUT2D eigenvalue weighted by Gasteiger charge is -2.20. The topological polar surface area (TPSA) is 69.6 Å². The zero-order valence-electron chi connectivity index (χ0n) is 10.4. The summed E-state index contributed by atoms with van der Waals surface area (Å²) in [4.78, 5) is 24.3. The molecule has 1 heterocycles. The maximum absolute atomic E-state index is 11.9. The highest BCUT2D eigenvalue weighted by atomic mass is 32.2. The van der Waals surface area contributed by atoms with E-state index in [1.165, 1.54) is 4.90 Å². The van der Waals surface area contributed by atoms with Crippen molar-refractivity contribution in [3.8, 4) is 0 Å². The Kier molecular flexibility index (Phi) is 4.81. The van der Waals surface area contributed by atoms with Crippen LogP contribution in [-0.4, -0.2) is 33.8 Å². The molecule has 0 bridgehead atoms. The fourth-order valence-corrected chi connectivity index (χ4v) is 2.78. The minimum absolute atomic E-state index is 0.221. The van der Waals surface area contributed by atoms with Gasteiger partial charge in [0.2, 0.25) is 0 Å². The van der Waals surface area contributed by atoms with Crippen LogP contribution in [0.4, 0.5) is 4.79 Å². The summed E-state index contributed by atoms with van der Waals surface area (Å²) >= 11 is 0.963. The molecule has 19 heavy (non-hydrogen) atoms. The molecule has 1 unspecified atom stereocenters. The standard InChI is InChI=1S/C13H16N2O3S/c16-12(17)11-7-4-8-15(11)13(18)19-14-9-10-5-2-1-3-6-10/h1-3,5-6,11,14H,4,7-9H2,(H,16,17). The van der Waals surface area contributed by atoms with Crippen LogP contribution in [0.2, 0.25) is 0 Å². The van der Waals surface area contributed by atoms with Gasteiger partial charge in [0.25, 0.3) is 5.24 Å². The normalized spacial score (nSPS) is 18.5. The first kappa shape index (κ1) is 13.9. The van der Waals surface area contributed by atoms with Crippen molar-refractivity contribution in [3.63, 3.8) is 0 Å². The molecule has 1 aromatic rings. The van der Waals surface area contributed by atoms with E-state index in [2.05, 4.69) is 4.72 Å². The average molecular weight is 280 g/mol. The van der Waals surface area contributed by atoms with Gasteiger partial charge >= 0.3 is 5.97 Å². The number of benzene rings is 1. The van der Waals surface area contributed by atoms with E-state index in [4.69, 9.17) is 5.11 Å². The highest BCUT2D eigenvalue weighted by Crippen LogP contribution is 2.21. The number of carboxylic acids is 1. The van der Waals surface area contributed by atoms with E-state index in [0.29, 0.717) is 19.5 Å². The van der Waals surface area contributed by atoms with Gasteiger partial charge in [-0.3, -0.25) is 9.52 Å². The third kappa shape index (κ3) is 3.71. The quantitative estimate of drug-likeness (QED) is 0.827. The van der Waals surface area contributed by atoms with Gasteiger partial charge in [0.1, 0.15) is 6.04 Å². The van der Waals surface area contributed by atoms with Crippen LogP contribution in [0.1, 0.15) is 18.4 Å². The molecule has 102 valence electrons. The molecule has 1 aromatic carbocycles. The fourth-order valence-electron chi connectivity index (χ4n) is 2.08. The summed E-state index contributed by atoms with van der Waals surface area (Å²) in [6.07, 6.45) is 1.29. The van der Waals surface area contributed by atoms with Crippen LogP contribution in [0.5, 0.6) is 0 Å². The van der Waals surface area contributed by atoms with Crippen LogP contribution >= 0.6 is 11.9 Å². The average Bonchev–Trinajstić information content (AvgIpc) is 2.89. The van der Waals surface area contributed by atoms with E-state index in [9.17, 15) is 9.59 Å². The zero-order chi connectivity index (χ0) is 13.7. The smallest absolute Gasteiger partial charge is 0.326 e. The molecular formula is C13H16N2O3S. The molecule has 2 N–H and O–H groups in total. The molecule has 1 aliphatic heterocycles. The second kappa shape index (κ2) is 6.58. The van der Waals surface area contributed by atoms with E-state index in [1.807, 2.05) is 30.3 Å². The number of hydrogen-bond donors (Lipinski definition) is 2. The Morgan fingerprint density at radius 2 is 2.11 bits per heavy atom. The number of hydrogen-bond acceptors (Lipinski definition) is 4. The Labute approximate surface area is 116 Å². The molecule has 0 aromatic heterocycles. The summed E-state index contributed by atoms with van der Waals surface area (Å²) in [6, 6.07) is 9.07. The van der Waals surface area contributed by atoms with Gasteiger partial charge in [0, 0.05) is 25.0 Å². The molecule has 1 atom stereocenters. The lowest BCUT2D eigenvalue weighted by molar-refractivity contribution is -0.141. The van der Waals surface area contributed by atoms with Crippen LogP contribution in [0.25, 0.3) is 0 Å². The number of carbonyl (C=O) groups excluding carboxylic acids is 1. The zero-order valence-corrected chi connectivity index (χ0v) is 11.2. The predicted octanol–water partition coefficient (Wildman–Crippen LogP) is 2.09. The maximum Gasteiger partial charge on any atom is 0.326 e. The number of nitrogens with one attached hydrogen (secondary N) is 1. The molecule has 1 saturated heterocycles. The SMILES string of the molecule is O=C(O)C1CCCN1C(=O)SNCc1ccccc1. The Balaban J connectivity index is 1.80. The second-order valence-corrected chi connectivity index (χ2v) is 5.21. The van der Waals surface area contributed by atoms with Crippen molar-refractivity contribution in [2.24, 2.45) is 0 Å². The van der Waals surface area contributed by atoms with Crippen molar-refractivity contribution in [1.82, 2.24) is 9.62 Å². The third-order valence-corrected chi connectivity index (χ3v) is 3.75. The number of rotatable bonds is 4. The van der Waals surface area contributed by atoms with E-state index < -0.39 is 12.0 Å². The monoisotopic (exact) mass is 280 g/mol. The molecule has 0 aliphatic carbocycles. The van der Waals surface area contributed by atoms with Gasteiger partial charge in [-0.15, -0.1) is 0 Å². The fraction of sp³-hybridized carbons (Fsp3) is 0.385. The Morgan fingerprint density at radius 3 is 2.79 bits per heavy atom. The van der Waals surface area contributed by atoms with Crippen molar-refractivity contribution >= 4 is 23.2 Å². The van der Waals surface area contributed by atoms with Crippen LogP contribution in [0.15, 0.2) is 30.3 Å². The van der Waals surface area contributed by atoms with Gasteiger partial charge in [-0.25, -0.2) is 4.79 Å². The first-order valence-corrected chi connectivity index (χ1v) is 6.97. The van der Waals surface area contributed by atoms with Gasteiger partial charge in [-0.05, 0) is 18.4 Å². The Morgan fingerprint density at radius 1 is 1.37 bits per heavy atom. The summed E-state index contributed by atoms with van der Waals surface area (Å²) in [6.45, 7) is 1.10. The lowest BCUT2D eigenvalue weighted by Crippen LogP contribution is -2.39. The van der Waals surface area contributed by atoms with Gasteiger partial charge in [-0.2, -0.15) is 0 Å². The number of nitrogens with zero attached hydrogens (tertiary/aromatic N) is 1. The van der Waals surface area contributed by atoms with E-state index >= 15 is 0 Å². The maximum atomic E-state index is 11.9. The first-order chi connectivity index (χ1) is 9.18. The van der Waals surface area contributed by atoms with Gasteiger partial charge in [0.05, 0.1) is 0 Å². The molecule has 1 amide bonds. The summed E-state index contributed by atoms with van der Waals surface area (Å²) < 4.78 is 2.97. The number of likely N-dealkylation sites (tertiary alicyclic amines) is 1. The van der Waals surface area contributed by atoms with E-state index in [1.54, 1.807) is 0 Å². The Hall–Kier alpha value is -1.53. The van der Waals surface area contributed by atoms with Crippen LogP contribution in [-0.2, 0) is 11.3 Å². The highest BCUT2D eigenvalue weighted by molar-refractivity contribution is 8.11. The van der Waals surface area contributed by atoms with Gasteiger partial charge in [0.15, 0.2) is 0 Å². The van der Waals surface area contributed by atoms with Crippen molar-refractivity contribution in [3.05, 3.63) is 35.9 Å². The number of carboxylic acid groups (broad SMARTS) is 1. The molecule has 5 nitrogen and oxygen atoms in total. The molecule has 1 aliphatic rings. The van der Waals surface area contributed by atoms with Gasteiger partial charge in [-0.1, -0.05) is 30.3 Å². The van der Waals surface area contributed by atoms with E-state index in [-0.39, 0.29) is 5.24 Å². The highest BCUT2D eigenvalue weighted by Gasteiger charge is 2.34. The summed E-state index contributed by atoms with van der Waals surface area (Å²) in [5, 5.41) is 8.79. The second-order valence-electron chi connectivity index (χ2n) is 4.36. The van der Waals surface area contributed by atoms with Crippen molar-refractivity contribution in [2.75, 3.05) is 6.54 Å². The van der Waals surface area contributed by atoms with Gasteiger partial charge < -0.3 is 10.0 Å². The molecular weight excluding hydrogens is 264 g/mol. The largest absolute Gasteiger partial charge is 0.480 e. The number of amides is 1. The molecule has 1 fully saturated rings. The van der Waals surface area contributed by atoms with Crippen LogP contribution in [0, 0.1) is 0 Å². The molecule has 0 spiro atoms. The van der Waals surface area contributed by atoms with Crippen LogP contribution < -0.4 is 4.72 Å².